The van der Waals surface area contributed by atoms with Crippen molar-refractivity contribution in [1.29, 1.82) is 0 Å². The van der Waals surface area contributed by atoms with E-state index < -0.39 is 17.7 Å². The number of fused-ring (bicyclic) bond motifs is 1. The van der Waals surface area contributed by atoms with E-state index in [0.717, 1.165) is 15.5 Å². The van der Waals surface area contributed by atoms with Crippen molar-refractivity contribution < 1.29 is 14.4 Å². The molecule has 1 aliphatic rings. The van der Waals surface area contributed by atoms with Crippen molar-refractivity contribution in [2.24, 2.45) is 0 Å². The SMILES string of the molecule is Cc1ccc(Cc2nnc(NC(=O)c3cccc(N4C(=O)c5ccccc5C4=O)c3)s2)cc1. The normalized spacial score (nSPS) is 12.7. The molecule has 1 aromatic heterocycles. The zero-order valence-corrected chi connectivity index (χ0v) is 18.4. The Morgan fingerprint density at radius 1 is 0.909 bits per heavy atom. The van der Waals surface area contributed by atoms with Gasteiger partial charge >= 0.3 is 0 Å². The number of hydrogen-bond donors (Lipinski definition) is 1. The van der Waals surface area contributed by atoms with E-state index in [-0.39, 0.29) is 0 Å². The van der Waals surface area contributed by atoms with Crippen LogP contribution in [-0.4, -0.2) is 27.9 Å². The van der Waals surface area contributed by atoms with Gasteiger partial charge in [-0.05, 0) is 42.8 Å². The molecule has 8 heteroatoms. The zero-order chi connectivity index (χ0) is 22.9. The van der Waals surface area contributed by atoms with E-state index in [9.17, 15) is 14.4 Å². The van der Waals surface area contributed by atoms with Gasteiger partial charge in [0.15, 0.2) is 0 Å². The van der Waals surface area contributed by atoms with E-state index in [2.05, 4.69) is 15.5 Å². The Kier molecular flexibility index (Phi) is 5.27. The molecule has 0 atom stereocenters. The summed E-state index contributed by atoms with van der Waals surface area (Å²) in [5, 5.41) is 12.1. The summed E-state index contributed by atoms with van der Waals surface area (Å²) >= 11 is 1.30. The topological polar surface area (TPSA) is 92.3 Å². The van der Waals surface area contributed by atoms with E-state index in [1.807, 2.05) is 31.2 Å². The van der Waals surface area contributed by atoms with E-state index in [0.29, 0.717) is 33.9 Å². The van der Waals surface area contributed by atoms with Gasteiger partial charge in [-0.2, -0.15) is 0 Å². The average Bonchev–Trinajstić information content (AvgIpc) is 3.37. The number of aromatic nitrogens is 2. The minimum Gasteiger partial charge on any atom is -0.296 e. The molecule has 162 valence electrons. The molecule has 0 fully saturated rings. The van der Waals surface area contributed by atoms with Gasteiger partial charge in [0.2, 0.25) is 5.13 Å². The van der Waals surface area contributed by atoms with Crippen LogP contribution in [0.15, 0.2) is 72.8 Å². The first-order valence-electron chi connectivity index (χ1n) is 10.3. The van der Waals surface area contributed by atoms with Crippen molar-refractivity contribution in [3.05, 3.63) is 106 Å². The van der Waals surface area contributed by atoms with Crippen molar-refractivity contribution in [2.45, 2.75) is 13.3 Å². The molecular formula is C25H18N4O3S. The maximum atomic E-state index is 12.8. The van der Waals surface area contributed by atoms with E-state index in [4.69, 9.17) is 0 Å². The molecule has 0 unspecified atom stereocenters. The lowest BCUT2D eigenvalue weighted by atomic mass is 10.1. The molecule has 4 aromatic rings. The molecule has 0 spiro atoms. The van der Waals surface area contributed by atoms with Gasteiger partial charge in [0.25, 0.3) is 17.7 Å². The standard InChI is InChI=1S/C25H18N4O3S/c1-15-9-11-16(12-10-15)13-21-27-28-25(33-21)26-22(30)17-5-4-6-18(14-17)29-23(31)19-7-2-3-8-20(19)24(29)32/h2-12,14H,13H2,1H3,(H,26,28,30). The van der Waals surface area contributed by atoms with Crippen LogP contribution < -0.4 is 10.2 Å². The second-order valence-corrected chi connectivity index (χ2v) is 8.72. The molecule has 7 nitrogen and oxygen atoms in total. The number of imide groups is 1. The van der Waals surface area contributed by atoms with Crippen molar-refractivity contribution in [3.8, 4) is 0 Å². The molecule has 0 aliphatic carbocycles. The molecule has 1 N–H and O–H groups in total. The Morgan fingerprint density at radius 3 is 2.30 bits per heavy atom. The molecule has 5 rings (SSSR count). The number of hydrogen-bond acceptors (Lipinski definition) is 6. The number of carbonyl (C=O) groups excluding carboxylic acids is 3. The fourth-order valence-corrected chi connectivity index (χ4v) is 4.40. The third-order valence-electron chi connectivity index (χ3n) is 5.32. The summed E-state index contributed by atoms with van der Waals surface area (Å²) < 4.78 is 0. The molecule has 3 amide bonds. The van der Waals surface area contributed by atoms with Gasteiger partial charge in [-0.25, -0.2) is 4.90 Å². The van der Waals surface area contributed by atoms with Crippen molar-refractivity contribution >= 4 is 39.9 Å². The number of carbonyl (C=O) groups is 3. The van der Waals surface area contributed by atoms with Crippen LogP contribution in [0.5, 0.6) is 0 Å². The third kappa shape index (κ3) is 4.04. The van der Waals surface area contributed by atoms with E-state index in [1.54, 1.807) is 42.5 Å². The summed E-state index contributed by atoms with van der Waals surface area (Å²) in [5.74, 6) is -1.21. The second kappa shape index (κ2) is 8.40. The highest BCUT2D eigenvalue weighted by molar-refractivity contribution is 7.15. The lowest BCUT2D eigenvalue weighted by molar-refractivity contribution is 0.0924. The van der Waals surface area contributed by atoms with Crippen LogP contribution in [-0.2, 0) is 6.42 Å². The second-order valence-electron chi connectivity index (χ2n) is 7.66. The van der Waals surface area contributed by atoms with Crippen LogP contribution in [0.3, 0.4) is 0 Å². The molecule has 0 saturated carbocycles. The molecule has 0 saturated heterocycles. The molecular weight excluding hydrogens is 436 g/mol. The van der Waals surface area contributed by atoms with E-state index >= 15 is 0 Å². The van der Waals surface area contributed by atoms with Gasteiger partial charge < -0.3 is 0 Å². The first kappa shape index (κ1) is 20.7. The summed E-state index contributed by atoms with van der Waals surface area (Å²) in [6, 6.07) is 21.2. The fourth-order valence-electron chi connectivity index (χ4n) is 3.64. The number of nitrogens with one attached hydrogen (secondary N) is 1. The highest BCUT2D eigenvalue weighted by Gasteiger charge is 2.36. The average molecular weight is 455 g/mol. The number of amides is 3. The van der Waals surface area contributed by atoms with Crippen LogP contribution in [0, 0.1) is 6.92 Å². The summed E-state index contributed by atoms with van der Waals surface area (Å²) in [5.41, 5.74) is 3.65. The molecule has 3 aromatic carbocycles. The van der Waals surface area contributed by atoms with Gasteiger partial charge in [-0.15, -0.1) is 10.2 Å². The number of aryl methyl sites for hydroxylation is 1. The van der Waals surface area contributed by atoms with Gasteiger partial charge in [-0.3, -0.25) is 19.7 Å². The molecule has 0 radical (unpaired) electrons. The van der Waals surface area contributed by atoms with Crippen LogP contribution in [0.2, 0.25) is 0 Å². The fraction of sp³-hybridized carbons (Fsp3) is 0.0800. The van der Waals surface area contributed by atoms with Crippen molar-refractivity contribution in [1.82, 2.24) is 10.2 Å². The molecule has 1 aliphatic heterocycles. The summed E-state index contributed by atoms with van der Waals surface area (Å²) in [6.45, 7) is 2.03. The first-order valence-corrected chi connectivity index (χ1v) is 11.1. The smallest absolute Gasteiger partial charge is 0.266 e. The van der Waals surface area contributed by atoms with Gasteiger partial charge in [-0.1, -0.05) is 59.4 Å². The zero-order valence-electron chi connectivity index (χ0n) is 17.6. The third-order valence-corrected chi connectivity index (χ3v) is 6.16. The van der Waals surface area contributed by atoms with Crippen LogP contribution in [0.1, 0.15) is 47.2 Å². The number of rotatable bonds is 5. The Labute approximate surface area is 193 Å². The predicted octanol–water partition coefficient (Wildman–Crippen LogP) is 4.49. The minimum absolute atomic E-state index is 0.305. The highest BCUT2D eigenvalue weighted by Crippen LogP contribution is 2.29. The maximum absolute atomic E-state index is 12.8. The number of nitrogens with zero attached hydrogens (tertiary/aromatic N) is 3. The summed E-state index contributed by atoms with van der Waals surface area (Å²) in [6.07, 6.45) is 0.628. The van der Waals surface area contributed by atoms with Crippen molar-refractivity contribution in [2.75, 3.05) is 10.2 Å². The van der Waals surface area contributed by atoms with E-state index in [1.165, 1.54) is 23.0 Å². The Hall–Kier alpha value is -4.17. The van der Waals surface area contributed by atoms with Crippen LogP contribution in [0.25, 0.3) is 0 Å². The highest BCUT2D eigenvalue weighted by atomic mass is 32.1. The quantitative estimate of drug-likeness (QED) is 0.449. The van der Waals surface area contributed by atoms with Crippen molar-refractivity contribution in [3.63, 3.8) is 0 Å². The lowest BCUT2D eigenvalue weighted by Gasteiger charge is -2.14. The number of benzene rings is 3. The lowest BCUT2D eigenvalue weighted by Crippen LogP contribution is -2.29. The van der Waals surface area contributed by atoms with Gasteiger partial charge in [0, 0.05) is 12.0 Å². The Balaban J connectivity index is 1.31. The Morgan fingerprint density at radius 2 is 1.61 bits per heavy atom. The largest absolute Gasteiger partial charge is 0.296 e. The van der Waals surface area contributed by atoms with Crippen LogP contribution >= 0.6 is 11.3 Å². The summed E-state index contributed by atoms with van der Waals surface area (Å²) in [4.78, 5) is 39.4. The predicted molar refractivity (Wildman–Crippen MR) is 126 cm³/mol. The monoisotopic (exact) mass is 454 g/mol. The van der Waals surface area contributed by atoms with Gasteiger partial charge in [0.1, 0.15) is 5.01 Å². The minimum atomic E-state index is -0.405. The summed E-state index contributed by atoms with van der Waals surface area (Å²) in [7, 11) is 0. The molecule has 0 bridgehead atoms. The number of anilines is 2. The van der Waals surface area contributed by atoms with Gasteiger partial charge in [0.05, 0.1) is 16.8 Å². The van der Waals surface area contributed by atoms with Crippen LogP contribution in [0.4, 0.5) is 10.8 Å². The Bertz CT molecular complexity index is 1360. The molecule has 33 heavy (non-hydrogen) atoms. The molecule has 2 heterocycles. The maximum Gasteiger partial charge on any atom is 0.266 e. The first-order chi connectivity index (χ1) is 16.0.